The molecular weight excluding hydrogens is 234 g/mol. The number of ether oxygens (including phenoxy) is 1. The molecule has 0 unspecified atom stereocenters. The van der Waals surface area contributed by atoms with Gasteiger partial charge in [-0.15, -0.1) is 0 Å². The number of hydrogen-bond donors (Lipinski definition) is 2. The first-order valence-corrected chi connectivity index (χ1v) is 5.38. The third kappa shape index (κ3) is 4.69. The van der Waals surface area contributed by atoms with Crippen LogP contribution in [-0.4, -0.2) is 23.6 Å². The number of amides is 1. The second kappa shape index (κ2) is 6.44. The number of anilines is 1. The lowest BCUT2D eigenvalue weighted by atomic mass is 10.2. The summed E-state index contributed by atoms with van der Waals surface area (Å²) in [5.41, 5.74) is 1.15. The quantitative estimate of drug-likeness (QED) is 0.783. The molecular formula is C13H15NO4. The van der Waals surface area contributed by atoms with Gasteiger partial charge in [0.25, 0.3) is 0 Å². The van der Waals surface area contributed by atoms with Crippen LogP contribution in [0.4, 0.5) is 5.69 Å². The second-order valence-corrected chi connectivity index (χ2v) is 3.79. The Morgan fingerprint density at radius 1 is 1.33 bits per heavy atom. The van der Waals surface area contributed by atoms with Gasteiger partial charge in [-0.05, 0) is 24.6 Å². The number of hydrogen-bond acceptors (Lipinski definition) is 3. The third-order valence-corrected chi connectivity index (χ3v) is 2.02. The van der Waals surface area contributed by atoms with E-state index in [0.29, 0.717) is 17.0 Å². The maximum Gasteiger partial charge on any atom is 0.328 e. The van der Waals surface area contributed by atoms with Crippen molar-refractivity contribution in [2.75, 3.05) is 11.9 Å². The largest absolute Gasteiger partial charge is 0.487 e. The maximum absolute atomic E-state index is 11.0. The number of rotatable bonds is 5. The zero-order chi connectivity index (χ0) is 13.5. The summed E-state index contributed by atoms with van der Waals surface area (Å²) in [5, 5.41) is 11.2. The molecule has 5 nitrogen and oxygen atoms in total. The first-order valence-electron chi connectivity index (χ1n) is 5.38. The van der Waals surface area contributed by atoms with E-state index < -0.39 is 5.97 Å². The van der Waals surface area contributed by atoms with Crippen molar-refractivity contribution in [1.82, 2.24) is 0 Å². The van der Waals surface area contributed by atoms with E-state index >= 15 is 0 Å². The molecule has 0 saturated heterocycles. The van der Waals surface area contributed by atoms with Crippen LogP contribution >= 0.6 is 0 Å². The average Bonchev–Trinajstić information content (AvgIpc) is 2.26. The highest BCUT2D eigenvalue weighted by molar-refractivity contribution is 5.90. The van der Waals surface area contributed by atoms with Crippen LogP contribution in [0.3, 0.4) is 0 Å². The average molecular weight is 249 g/mol. The van der Waals surface area contributed by atoms with Crippen LogP contribution in [0.2, 0.25) is 0 Å². The van der Waals surface area contributed by atoms with Crippen molar-refractivity contribution in [2.45, 2.75) is 13.8 Å². The van der Waals surface area contributed by atoms with Crippen molar-refractivity contribution < 1.29 is 19.4 Å². The van der Waals surface area contributed by atoms with Crippen molar-refractivity contribution in [1.29, 1.82) is 0 Å². The molecule has 0 aromatic heterocycles. The molecule has 18 heavy (non-hydrogen) atoms. The molecule has 96 valence electrons. The van der Waals surface area contributed by atoms with Crippen molar-refractivity contribution in [3.8, 4) is 5.75 Å². The molecule has 1 rings (SSSR count). The normalized spacial score (nSPS) is 10.9. The summed E-state index contributed by atoms with van der Waals surface area (Å²) in [6, 6.07) is 6.97. The molecule has 1 aromatic carbocycles. The SMILES string of the molecule is CC(=O)Nc1ccccc1OCC(C)=CC(=O)O. The second-order valence-electron chi connectivity index (χ2n) is 3.79. The van der Waals surface area contributed by atoms with Crippen LogP contribution in [0.15, 0.2) is 35.9 Å². The Morgan fingerprint density at radius 3 is 2.61 bits per heavy atom. The molecule has 0 spiro atoms. The van der Waals surface area contributed by atoms with Crippen molar-refractivity contribution in [3.05, 3.63) is 35.9 Å². The first kappa shape index (κ1) is 13.8. The minimum absolute atomic E-state index is 0.156. The van der Waals surface area contributed by atoms with Crippen LogP contribution < -0.4 is 10.1 Å². The molecule has 0 heterocycles. The number of carboxylic acids is 1. The van der Waals surface area contributed by atoms with E-state index in [4.69, 9.17) is 9.84 Å². The smallest absolute Gasteiger partial charge is 0.328 e. The fourth-order valence-electron chi connectivity index (χ4n) is 1.33. The van der Waals surface area contributed by atoms with Gasteiger partial charge in [-0.3, -0.25) is 4.79 Å². The Labute approximate surface area is 105 Å². The molecule has 0 saturated carbocycles. The van der Waals surface area contributed by atoms with Crippen molar-refractivity contribution >= 4 is 17.6 Å². The van der Waals surface area contributed by atoms with Gasteiger partial charge in [-0.25, -0.2) is 4.79 Å². The Hall–Kier alpha value is -2.30. The molecule has 0 aliphatic rings. The number of nitrogens with one attached hydrogen (secondary N) is 1. The number of carbonyl (C=O) groups is 2. The van der Waals surface area contributed by atoms with Gasteiger partial charge in [-0.1, -0.05) is 12.1 Å². The lowest BCUT2D eigenvalue weighted by Crippen LogP contribution is -2.09. The molecule has 0 radical (unpaired) electrons. The van der Waals surface area contributed by atoms with Crippen LogP contribution in [-0.2, 0) is 9.59 Å². The highest BCUT2D eigenvalue weighted by Gasteiger charge is 2.04. The van der Waals surface area contributed by atoms with Gasteiger partial charge in [0.15, 0.2) is 0 Å². The van der Waals surface area contributed by atoms with Crippen LogP contribution in [0.5, 0.6) is 5.75 Å². The van der Waals surface area contributed by atoms with Crippen molar-refractivity contribution in [2.24, 2.45) is 0 Å². The minimum atomic E-state index is -1.01. The van der Waals surface area contributed by atoms with Crippen LogP contribution in [0.25, 0.3) is 0 Å². The van der Waals surface area contributed by atoms with Gasteiger partial charge in [0.1, 0.15) is 12.4 Å². The monoisotopic (exact) mass is 249 g/mol. The summed E-state index contributed by atoms with van der Waals surface area (Å²) < 4.78 is 5.45. The summed E-state index contributed by atoms with van der Waals surface area (Å²) in [6.07, 6.45) is 1.08. The number of benzene rings is 1. The Bertz CT molecular complexity index is 480. The number of para-hydroxylation sites is 2. The first-order chi connectivity index (χ1) is 8.49. The van der Waals surface area contributed by atoms with E-state index in [2.05, 4.69) is 5.32 Å². The number of carboxylic acid groups (broad SMARTS) is 1. The van der Waals surface area contributed by atoms with E-state index in [-0.39, 0.29) is 12.5 Å². The summed E-state index contributed by atoms with van der Waals surface area (Å²) in [6.45, 7) is 3.23. The third-order valence-electron chi connectivity index (χ3n) is 2.02. The molecule has 0 aliphatic heterocycles. The van der Waals surface area contributed by atoms with E-state index in [1.54, 1.807) is 31.2 Å². The standard InChI is InChI=1S/C13H15NO4/c1-9(7-13(16)17)8-18-12-6-4-3-5-11(12)14-10(2)15/h3-7H,8H2,1-2H3,(H,14,15)(H,16,17). The fourth-order valence-corrected chi connectivity index (χ4v) is 1.33. The molecule has 1 amide bonds. The van der Waals surface area contributed by atoms with Crippen LogP contribution in [0, 0.1) is 0 Å². The highest BCUT2D eigenvalue weighted by Crippen LogP contribution is 2.23. The predicted octanol–water partition coefficient (Wildman–Crippen LogP) is 2.05. The zero-order valence-corrected chi connectivity index (χ0v) is 10.3. The van der Waals surface area contributed by atoms with E-state index in [9.17, 15) is 9.59 Å². The molecule has 0 bridgehead atoms. The Morgan fingerprint density at radius 2 is 2.00 bits per heavy atom. The van der Waals surface area contributed by atoms with Crippen LogP contribution in [0.1, 0.15) is 13.8 Å². The Kier molecular flexibility index (Phi) is 4.92. The van der Waals surface area contributed by atoms with Gasteiger partial charge in [0.2, 0.25) is 5.91 Å². The highest BCUT2D eigenvalue weighted by atomic mass is 16.5. The fraction of sp³-hybridized carbons (Fsp3) is 0.231. The molecule has 1 aromatic rings. The summed E-state index contributed by atoms with van der Waals surface area (Å²) in [4.78, 5) is 21.4. The summed E-state index contributed by atoms with van der Waals surface area (Å²) in [5.74, 6) is -0.694. The van der Waals surface area contributed by atoms with Gasteiger partial charge in [-0.2, -0.15) is 0 Å². The van der Waals surface area contributed by atoms with Gasteiger partial charge >= 0.3 is 5.97 Å². The van der Waals surface area contributed by atoms with Gasteiger partial charge in [0, 0.05) is 13.0 Å². The topological polar surface area (TPSA) is 75.6 Å². The van der Waals surface area contributed by atoms with Gasteiger partial charge in [0.05, 0.1) is 5.69 Å². The van der Waals surface area contributed by atoms with E-state index in [1.165, 1.54) is 6.92 Å². The Balaban J connectivity index is 2.72. The lowest BCUT2D eigenvalue weighted by molar-refractivity contribution is -0.131. The van der Waals surface area contributed by atoms with Gasteiger partial charge < -0.3 is 15.2 Å². The summed E-state index contributed by atoms with van der Waals surface area (Å²) in [7, 11) is 0. The molecule has 0 fully saturated rings. The van der Waals surface area contributed by atoms with Crippen molar-refractivity contribution in [3.63, 3.8) is 0 Å². The molecule has 0 atom stereocenters. The van der Waals surface area contributed by atoms with E-state index in [1.807, 2.05) is 0 Å². The minimum Gasteiger partial charge on any atom is -0.487 e. The number of carbonyl (C=O) groups excluding carboxylic acids is 1. The van der Waals surface area contributed by atoms with E-state index in [0.717, 1.165) is 6.08 Å². The zero-order valence-electron chi connectivity index (χ0n) is 10.3. The molecule has 2 N–H and O–H groups in total. The predicted molar refractivity (Wildman–Crippen MR) is 67.6 cm³/mol. The maximum atomic E-state index is 11.0. The lowest BCUT2D eigenvalue weighted by Gasteiger charge is -2.11. The number of aliphatic carboxylic acids is 1. The molecule has 5 heteroatoms. The molecule has 0 aliphatic carbocycles. The summed E-state index contributed by atoms with van der Waals surface area (Å²) >= 11 is 0.